The van der Waals surface area contributed by atoms with Crippen molar-refractivity contribution in [3.8, 4) is 5.75 Å². The maximum absolute atomic E-state index is 5.16. The fourth-order valence-corrected chi connectivity index (χ4v) is 4.13. The van der Waals surface area contributed by atoms with E-state index >= 15 is 0 Å². The Kier molecular flexibility index (Phi) is 5.52. The minimum absolute atomic E-state index is 0.358. The van der Waals surface area contributed by atoms with Crippen LogP contribution in [-0.4, -0.2) is 62.9 Å². The van der Waals surface area contributed by atoms with Gasteiger partial charge in [0.1, 0.15) is 11.6 Å². The summed E-state index contributed by atoms with van der Waals surface area (Å²) >= 11 is 0. The van der Waals surface area contributed by atoms with Gasteiger partial charge in [-0.2, -0.15) is 0 Å². The van der Waals surface area contributed by atoms with Gasteiger partial charge in [0.05, 0.1) is 26.0 Å². The zero-order chi connectivity index (χ0) is 18.6. The molecule has 0 N–H and O–H groups in total. The molecule has 4 rings (SSSR count). The number of methoxy groups -OCH3 is 1. The normalized spacial score (nSPS) is 21.4. The Morgan fingerprint density at radius 3 is 2.56 bits per heavy atom. The van der Waals surface area contributed by atoms with Crippen molar-refractivity contribution < 1.29 is 4.74 Å². The van der Waals surface area contributed by atoms with E-state index < -0.39 is 0 Å². The van der Waals surface area contributed by atoms with Crippen molar-refractivity contribution in [3.63, 3.8) is 0 Å². The summed E-state index contributed by atoms with van der Waals surface area (Å²) in [6.45, 7) is 5.10. The van der Waals surface area contributed by atoms with Crippen LogP contribution >= 0.6 is 0 Å². The minimum atomic E-state index is 0.358. The number of hydrogen-bond donors (Lipinski definition) is 0. The molecule has 2 aromatic rings. The van der Waals surface area contributed by atoms with Crippen molar-refractivity contribution in [1.29, 1.82) is 0 Å². The van der Waals surface area contributed by atoms with Crippen LogP contribution in [0.4, 0.5) is 5.95 Å². The summed E-state index contributed by atoms with van der Waals surface area (Å²) in [6.07, 6.45) is 9.63. The van der Waals surface area contributed by atoms with E-state index in [4.69, 9.17) is 4.74 Å². The molecule has 2 aromatic heterocycles. The number of aromatic nitrogens is 5. The first kappa shape index (κ1) is 18.2. The molecule has 2 aliphatic heterocycles. The van der Waals surface area contributed by atoms with Gasteiger partial charge in [0.25, 0.3) is 0 Å². The number of ether oxygens (including phenoxy) is 1. The number of hydrogen-bond acceptors (Lipinski definition) is 7. The summed E-state index contributed by atoms with van der Waals surface area (Å²) in [7, 11) is 3.74. The van der Waals surface area contributed by atoms with E-state index in [9.17, 15) is 0 Å². The molecule has 2 aliphatic rings. The van der Waals surface area contributed by atoms with E-state index in [2.05, 4.69) is 41.6 Å². The van der Waals surface area contributed by atoms with Crippen molar-refractivity contribution in [2.45, 2.75) is 44.6 Å². The monoisotopic (exact) mass is 371 g/mol. The molecule has 0 bridgehead atoms. The molecule has 4 heterocycles. The molecule has 0 aliphatic carbocycles. The van der Waals surface area contributed by atoms with Crippen LogP contribution in [0.3, 0.4) is 0 Å². The van der Waals surface area contributed by atoms with Crippen LogP contribution in [0.1, 0.15) is 49.7 Å². The third kappa shape index (κ3) is 4.05. The molecule has 0 amide bonds. The second kappa shape index (κ2) is 8.21. The van der Waals surface area contributed by atoms with E-state index in [0.717, 1.165) is 50.1 Å². The summed E-state index contributed by atoms with van der Waals surface area (Å²) in [5.41, 5.74) is 0. The Bertz CT molecular complexity index is 739. The highest BCUT2D eigenvalue weighted by molar-refractivity contribution is 5.33. The van der Waals surface area contributed by atoms with Crippen LogP contribution in [-0.2, 0) is 13.6 Å². The van der Waals surface area contributed by atoms with E-state index in [1.165, 1.54) is 32.4 Å². The highest BCUT2D eigenvalue weighted by Gasteiger charge is 2.27. The van der Waals surface area contributed by atoms with Gasteiger partial charge in [0.2, 0.25) is 5.95 Å². The number of piperidine rings is 2. The molecule has 1 atom stereocenters. The molecule has 2 fully saturated rings. The molecule has 8 heteroatoms. The Morgan fingerprint density at radius 2 is 1.81 bits per heavy atom. The minimum Gasteiger partial charge on any atom is -0.494 e. The Hall–Kier alpha value is -2.22. The van der Waals surface area contributed by atoms with Crippen LogP contribution in [0.5, 0.6) is 5.75 Å². The summed E-state index contributed by atoms with van der Waals surface area (Å²) in [5.74, 6) is 3.96. The first-order chi connectivity index (χ1) is 13.2. The smallest absolute Gasteiger partial charge is 0.225 e. The number of nitrogens with zero attached hydrogens (tertiary/aromatic N) is 7. The van der Waals surface area contributed by atoms with Crippen LogP contribution in [0.2, 0.25) is 0 Å². The van der Waals surface area contributed by atoms with Crippen LogP contribution in [0.25, 0.3) is 0 Å². The van der Waals surface area contributed by atoms with E-state index in [0.29, 0.717) is 11.7 Å². The molecule has 0 saturated carbocycles. The third-order valence-electron chi connectivity index (χ3n) is 5.73. The molecule has 0 radical (unpaired) electrons. The maximum Gasteiger partial charge on any atom is 0.225 e. The van der Waals surface area contributed by atoms with Crippen LogP contribution < -0.4 is 9.64 Å². The molecule has 146 valence electrons. The predicted molar refractivity (Wildman–Crippen MR) is 103 cm³/mol. The van der Waals surface area contributed by atoms with Crippen molar-refractivity contribution in [2.24, 2.45) is 7.05 Å². The SMILES string of the molecule is COc1cnc(N2CCCC(c3nnc(CN4CCCCC4)n3C)C2)nc1. The van der Waals surface area contributed by atoms with Gasteiger partial charge in [-0.05, 0) is 38.8 Å². The standard InChI is InChI=1S/C19H29N7O/c1-24-17(14-25-8-4-3-5-9-25)22-23-18(24)15-7-6-10-26(13-15)19-20-11-16(27-2)12-21-19/h11-12,15H,3-10,13-14H2,1-2H3. The average molecular weight is 371 g/mol. The second-order valence-electron chi connectivity index (χ2n) is 7.58. The zero-order valence-electron chi connectivity index (χ0n) is 16.3. The van der Waals surface area contributed by atoms with Crippen LogP contribution in [0, 0.1) is 0 Å². The van der Waals surface area contributed by atoms with Gasteiger partial charge in [0, 0.05) is 26.1 Å². The van der Waals surface area contributed by atoms with Crippen molar-refractivity contribution in [1.82, 2.24) is 29.6 Å². The van der Waals surface area contributed by atoms with Gasteiger partial charge in [-0.1, -0.05) is 6.42 Å². The lowest BCUT2D eigenvalue weighted by Crippen LogP contribution is -2.36. The summed E-state index contributed by atoms with van der Waals surface area (Å²) in [4.78, 5) is 13.6. The van der Waals surface area contributed by atoms with Gasteiger partial charge in [-0.3, -0.25) is 4.90 Å². The largest absolute Gasteiger partial charge is 0.494 e. The fourth-order valence-electron chi connectivity index (χ4n) is 4.13. The van der Waals surface area contributed by atoms with Gasteiger partial charge < -0.3 is 14.2 Å². The Labute approximate surface area is 160 Å². The third-order valence-corrected chi connectivity index (χ3v) is 5.73. The highest BCUT2D eigenvalue weighted by atomic mass is 16.5. The molecule has 1 unspecified atom stereocenters. The first-order valence-electron chi connectivity index (χ1n) is 9.96. The van der Waals surface area contributed by atoms with Crippen molar-refractivity contribution in [2.75, 3.05) is 38.2 Å². The molecular formula is C19H29N7O. The van der Waals surface area contributed by atoms with E-state index in [1.54, 1.807) is 19.5 Å². The lowest BCUT2D eigenvalue weighted by molar-refractivity contribution is 0.213. The quantitative estimate of drug-likeness (QED) is 0.796. The first-order valence-corrected chi connectivity index (χ1v) is 9.96. The average Bonchev–Trinajstić information content (AvgIpc) is 3.09. The van der Waals surface area contributed by atoms with Crippen molar-refractivity contribution in [3.05, 3.63) is 24.0 Å². The van der Waals surface area contributed by atoms with Crippen molar-refractivity contribution >= 4 is 5.95 Å². The molecule has 0 aromatic carbocycles. The Balaban J connectivity index is 1.44. The predicted octanol–water partition coefficient (Wildman–Crippen LogP) is 1.98. The topological polar surface area (TPSA) is 72.2 Å². The van der Waals surface area contributed by atoms with Gasteiger partial charge >= 0.3 is 0 Å². The molecular weight excluding hydrogens is 342 g/mol. The van der Waals surface area contributed by atoms with E-state index in [-0.39, 0.29) is 0 Å². The van der Waals surface area contributed by atoms with Crippen LogP contribution in [0.15, 0.2) is 12.4 Å². The number of anilines is 1. The highest BCUT2D eigenvalue weighted by Crippen LogP contribution is 2.28. The molecule has 0 spiro atoms. The van der Waals surface area contributed by atoms with Gasteiger partial charge in [0.15, 0.2) is 5.75 Å². The number of rotatable bonds is 5. The van der Waals surface area contributed by atoms with E-state index in [1.807, 2.05) is 0 Å². The summed E-state index contributed by atoms with van der Waals surface area (Å²) in [6, 6.07) is 0. The Morgan fingerprint density at radius 1 is 1.04 bits per heavy atom. The van der Waals surface area contributed by atoms with Gasteiger partial charge in [-0.25, -0.2) is 9.97 Å². The zero-order valence-corrected chi connectivity index (χ0v) is 16.3. The lowest BCUT2D eigenvalue weighted by atomic mass is 9.97. The molecule has 27 heavy (non-hydrogen) atoms. The van der Waals surface area contributed by atoms with Gasteiger partial charge in [-0.15, -0.1) is 10.2 Å². The molecule has 2 saturated heterocycles. The lowest BCUT2D eigenvalue weighted by Gasteiger charge is -2.32. The number of likely N-dealkylation sites (tertiary alicyclic amines) is 1. The second-order valence-corrected chi connectivity index (χ2v) is 7.58. The maximum atomic E-state index is 5.16. The summed E-state index contributed by atoms with van der Waals surface area (Å²) in [5, 5.41) is 9.07. The molecule has 8 nitrogen and oxygen atoms in total. The fraction of sp³-hybridized carbons (Fsp3) is 0.684. The summed E-state index contributed by atoms with van der Waals surface area (Å²) < 4.78 is 7.36.